The summed E-state index contributed by atoms with van der Waals surface area (Å²) in [4.78, 5) is 24.8. The van der Waals surface area contributed by atoms with Gasteiger partial charge in [0.25, 0.3) is 10.0 Å². The van der Waals surface area contributed by atoms with Gasteiger partial charge in [-0.1, -0.05) is 19.1 Å². The van der Waals surface area contributed by atoms with E-state index >= 15 is 0 Å². The molecule has 0 saturated heterocycles. The minimum absolute atomic E-state index is 0.000716. The SMILES string of the molecule is CCc1cc(-c2ccc(NS(=O)(=O)c3ccccc3C#N)nc2OC(F)(F)F)cc2cnc(N[C@H]3CC[C@H](NC(=O)OC(C)(C)C)CC3)nc12. The molecule has 3 N–H and O–H groups in total. The maximum absolute atomic E-state index is 13.6. The van der Waals surface area contributed by atoms with E-state index in [1.54, 1.807) is 24.4 Å². The van der Waals surface area contributed by atoms with Crippen LogP contribution in [0.5, 0.6) is 5.88 Å². The van der Waals surface area contributed by atoms with Gasteiger partial charge in [-0.3, -0.25) is 4.72 Å². The average molecular weight is 712 g/mol. The van der Waals surface area contributed by atoms with Gasteiger partial charge in [0, 0.05) is 29.2 Å². The Balaban J connectivity index is 1.37. The van der Waals surface area contributed by atoms with Gasteiger partial charge in [-0.05, 0) is 100 Å². The first kappa shape index (κ1) is 36.1. The Labute approximate surface area is 287 Å². The van der Waals surface area contributed by atoms with Crippen LogP contribution >= 0.6 is 0 Å². The number of hydrogen-bond acceptors (Lipinski definition) is 10. The van der Waals surface area contributed by atoms with E-state index in [9.17, 15) is 31.6 Å². The lowest BCUT2D eigenvalue weighted by Gasteiger charge is -2.30. The number of carbonyl (C=O) groups is 1. The summed E-state index contributed by atoms with van der Waals surface area (Å²) in [5, 5.41) is 16.2. The van der Waals surface area contributed by atoms with Gasteiger partial charge in [-0.25, -0.2) is 23.2 Å². The van der Waals surface area contributed by atoms with E-state index in [1.165, 1.54) is 36.4 Å². The van der Waals surface area contributed by atoms with E-state index in [4.69, 9.17) is 9.72 Å². The van der Waals surface area contributed by atoms with Gasteiger partial charge in [0.2, 0.25) is 11.8 Å². The second kappa shape index (κ2) is 14.4. The van der Waals surface area contributed by atoms with E-state index in [-0.39, 0.29) is 28.1 Å². The van der Waals surface area contributed by atoms with Crippen molar-refractivity contribution in [3.05, 3.63) is 65.9 Å². The smallest absolute Gasteiger partial charge is 0.444 e. The third kappa shape index (κ3) is 9.08. The predicted molar refractivity (Wildman–Crippen MR) is 180 cm³/mol. The van der Waals surface area contributed by atoms with Crippen LogP contribution in [0.3, 0.4) is 0 Å². The maximum Gasteiger partial charge on any atom is 0.574 e. The number of fused-ring (bicyclic) bond motifs is 1. The molecule has 264 valence electrons. The summed E-state index contributed by atoms with van der Waals surface area (Å²) in [6.07, 6.45) is -0.468. The fourth-order valence-corrected chi connectivity index (χ4v) is 6.80. The topological polar surface area (TPSA) is 168 Å². The number of alkyl halides is 3. The first-order valence-corrected chi connectivity index (χ1v) is 17.4. The number of hydrogen-bond donors (Lipinski definition) is 3. The summed E-state index contributed by atoms with van der Waals surface area (Å²) >= 11 is 0. The molecule has 0 bridgehead atoms. The van der Waals surface area contributed by atoms with Crippen molar-refractivity contribution in [1.82, 2.24) is 20.3 Å². The van der Waals surface area contributed by atoms with E-state index in [0.717, 1.165) is 31.2 Å². The molecule has 2 aromatic heterocycles. The average Bonchev–Trinajstić information content (AvgIpc) is 3.03. The van der Waals surface area contributed by atoms with Crippen LogP contribution in [0.25, 0.3) is 22.0 Å². The molecule has 0 unspecified atom stereocenters. The van der Waals surface area contributed by atoms with Gasteiger partial charge in [0.05, 0.1) is 11.1 Å². The van der Waals surface area contributed by atoms with Crippen molar-refractivity contribution in [2.75, 3.05) is 10.0 Å². The molecule has 4 aromatic rings. The minimum atomic E-state index is -5.13. The molecule has 0 aliphatic heterocycles. The van der Waals surface area contributed by atoms with Gasteiger partial charge < -0.3 is 20.1 Å². The van der Waals surface area contributed by atoms with Crippen LogP contribution < -0.4 is 20.1 Å². The lowest BCUT2D eigenvalue weighted by molar-refractivity contribution is -0.275. The van der Waals surface area contributed by atoms with E-state index in [0.29, 0.717) is 28.8 Å². The van der Waals surface area contributed by atoms with Crippen LogP contribution in [0.2, 0.25) is 0 Å². The highest BCUT2D eigenvalue weighted by Crippen LogP contribution is 2.37. The van der Waals surface area contributed by atoms with Crippen molar-refractivity contribution in [3.63, 3.8) is 0 Å². The number of nitrogens with zero attached hydrogens (tertiary/aromatic N) is 4. The number of rotatable bonds is 9. The number of aromatic nitrogens is 3. The predicted octanol–water partition coefficient (Wildman–Crippen LogP) is 7.07. The number of nitriles is 1. The van der Waals surface area contributed by atoms with Crippen molar-refractivity contribution in [1.29, 1.82) is 5.26 Å². The molecule has 50 heavy (non-hydrogen) atoms. The summed E-state index contributed by atoms with van der Waals surface area (Å²) in [6.45, 7) is 7.32. The molecule has 16 heteroatoms. The number of carbonyl (C=O) groups excluding carboxylic acids is 1. The Morgan fingerprint density at radius 2 is 1.72 bits per heavy atom. The molecule has 1 aliphatic carbocycles. The van der Waals surface area contributed by atoms with E-state index in [2.05, 4.69) is 30.1 Å². The van der Waals surface area contributed by atoms with Crippen molar-refractivity contribution in [3.8, 4) is 23.1 Å². The van der Waals surface area contributed by atoms with Crippen molar-refractivity contribution in [2.45, 2.75) is 88.7 Å². The van der Waals surface area contributed by atoms with E-state index in [1.807, 2.05) is 27.7 Å². The molecule has 1 fully saturated rings. The zero-order valence-electron chi connectivity index (χ0n) is 27.8. The number of benzene rings is 2. The molecule has 2 aromatic carbocycles. The summed E-state index contributed by atoms with van der Waals surface area (Å²) in [6, 6.07) is 13.0. The molecule has 0 radical (unpaired) electrons. The van der Waals surface area contributed by atoms with Crippen molar-refractivity contribution in [2.24, 2.45) is 0 Å². The van der Waals surface area contributed by atoms with Crippen LogP contribution in [-0.2, 0) is 21.2 Å². The Bertz CT molecular complexity index is 2040. The number of halogens is 3. The number of alkyl carbamates (subject to hydrolysis) is 1. The summed E-state index contributed by atoms with van der Waals surface area (Å²) in [5.41, 5.74) is 0.895. The third-order valence-electron chi connectivity index (χ3n) is 7.84. The van der Waals surface area contributed by atoms with Gasteiger partial charge >= 0.3 is 12.5 Å². The molecule has 1 saturated carbocycles. The number of pyridine rings is 1. The zero-order valence-corrected chi connectivity index (χ0v) is 28.6. The summed E-state index contributed by atoms with van der Waals surface area (Å²) < 4.78 is 78.4. The molecular formula is C34H36F3N7O5S. The fourth-order valence-electron chi connectivity index (χ4n) is 5.64. The Morgan fingerprint density at radius 3 is 2.38 bits per heavy atom. The van der Waals surface area contributed by atoms with Gasteiger partial charge in [-0.2, -0.15) is 10.2 Å². The molecule has 1 aliphatic rings. The first-order valence-electron chi connectivity index (χ1n) is 15.9. The number of sulfonamides is 1. The summed E-state index contributed by atoms with van der Waals surface area (Å²) in [5.74, 6) is -0.907. The second-order valence-electron chi connectivity index (χ2n) is 12.8. The highest BCUT2D eigenvalue weighted by Gasteiger charge is 2.34. The Hall–Kier alpha value is -5.17. The number of anilines is 2. The molecule has 0 atom stereocenters. The molecule has 12 nitrogen and oxygen atoms in total. The van der Waals surface area contributed by atoms with Crippen LogP contribution in [-0.4, -0.2) is 53.5 Å². The first-order chi connectivity index (χ1) is 23.5. The Kier molecular flexibility index (Phi) is 10.4. The van der Waals surface area contributed by atoms with Crippen molar-refractivity contribution < 1.29 is 35.9 Å². The highest BCUT2D eigenvalue weighted by molar-refractivity contribution is 7.92. The molecule has 5 rings (SSSR count). The lowest BCUT2D eigenvalue weighted by Crippen LogP contribution is -2.42. The standard InChI is InChI=1S/C34H36F3N7O5S/c1-5-20-16-22(17-23-19-39-31(43-29(20)23)40-24-10-12-25(13-11-24)41-32(45)49-33(2,3)4)26-14-15-28(42-30(26)48-34(35,36)37)44-50(46,47)27-9-7-6-8-21(27)18-38/h6-9,14-17,19,24-25H,5,10-13H2,1-4H3,(H,41,45)(H,42,44)(H,39,40,43)/t24-,25-. The maximum atomic E-state index is 13.6. The van der Waals surface area contributed by atoms with Crippen molar-refractivity contribution >= 4 is 38.8 Å². The molecule has 1 amide bonds. The molecular weight excluding hydrogens is 675 g/mol. The second-order valence-corrected chi connectivity index (χ2v) is 14.4. The summed E-state index contributed by atoms with van der Waals surface area (Å²) in [7, 11) is -4.38. The van der Waals surface area contributed by atoms with Gasteiger partial charge in [-0.15, -0.1) is 13.2 Å². The lowest BCUT2D eigenvalue weighted by atomic mass is 9.91. The van der Waals surface area contributed by atoms with Crippen LogP contribution in [0.1, 0.15) is 64.5 Å². The normalized spacial score (nSPS) is 16.7. The van der Waals surface area contributed by atoms with E-state index < -0.39 is 39.8 Å². The monoisotopic (exact) mass is 711 g/mol. The highest BCUT2D eigenvalue weighted by atomic mass is 32.2. The largest absolute Gasteiger partial charge is 0.574 e. The Morgan fingerprint density at radius 1 is 1.02 bits per heavy atom. The van der Waals surface area contributed by atoms with Gasteiger partial charge in [0.15, 0.2) is 0 Å². The van der Waals surface area contributed by atoms with Gasteiger partial charge in [0.1, 0.15) is 22.4 Å². The molecule has 0 spiro atoms. The minimum Gasteiger partial charge on any atom is -0.444 e. The number of ether oxygens (including phenoxy) is 2. The number of amides is 1. The number of aryl methyl sites for hydroxylation is 1. The van der Waals surface area contributed by atoms with Crippen LogP contribution in [0.15, 0.2) is 59.6 Å². The number of nitrogens with one attached hydrogen (secondary N) is 3. The quantitative estimate of drug-likeness (QED) is 0.163. The van der Waals surface area contributed by atoms with Crippen LogP contribution in [0, 0.1) is 11.3 Å². The third-order valence-corrected chi connectivity index (χ3v) is 9.26. The fraction of sp³-hybridized carbons (Fsp3) is 0.382. The molecule has 2 heterocycles. The zero-order chi connectivity index (χ0) is 36.3. The van der Waals surface area contributed by atoms with Crippen LogP contribution in [0.4, 0.5) is 29.7 Å².